The number of carbonyl (C=O) groups is 3. The van der Waals surface area contributed by atoms with Crippen molar-refractivity contribution in [3.05, 3.63) is 27.2 Å². The highest BCUT2D eigenvalue weighted by atomic mass is 32.1. The Labute approximate surface area is 194 Å². The largest absolute Gasteiger partial charge is 0.481 e. The van der Waals surface area contributed by atoms with Crippen LogP contribution in [0.2, 0.25) is 0 Å². The molecule has 0 radical (unpaired) electrons. The van der Waals surface area contributed by atoms with Crippen molar-refractivity contribution in [3.63, 3.8) is 0 Å². The SMILES string of the molecule is CCC(C)(C)[C@H]1CCc2c(sc(NC(=O)[C@H]3CC(C)=C(C)C[C@@H]3C(=O)O)c2C(=O)OC)C1. The molecule has 0 saturated carbocycles. The number of amides is 1. The van der Waals surface area contributed by atoms with Crippen molar-refractivity contribution in [2.45, 2.75) is 73.1 Å². The summed E-state index contributed by atoms with van der Waals surface area (Å²) in [6.45, 7) is 10.7. The fourth-order valence-corrected chi connectivity index (χ4v) is 6.30. The third-order valence-corrected chi connectivity index (χ3v) is 9.00. The predicted octanol–water partition coefficient (Wildman–Crippen LogP) is 5.46. The molecule has 1 aromatic heterocycles. The highest BCUT2D eigenvalue weighted by Gasteiger charge is 2.39. The zero-order valence-electron chi connectivity index (χ0n) is 20.0. The lowest BCUT2D eigenvalue weighted by Crippen LogP contribution is -2.36. The van der Waals surface area contributed by atoms with Gasteiger partial charge in [-0.15, -0.1) is 11.3 Å². The van der Waals surface area contributed by atoms with E-state index in [0.717, 1.165) is 47.3 Å². The molecule has 2 N–H and O–H groups in total. The minimum absolute atomic E-state index is 0.203. The molecule has 0 bridgehead atoms. The van der Waals surface area contributed by atoms with Crippen LogP contribution in [0.3, 0.4) is 0 Å². The van der Waals surface area contributed by atoms with Gasteiger partial charge in [0.2, 0.25) is 5.91 Å². The van der Waals surface area contributed by atoms with Crippen LogP contribution in [0.25, 0.3) is 0 Å². The number of aliphatic carboxylic acids is 1. The summed E-state index contributed by atoms with van der Waals surface area (Å²) in [5.74, 6) is -2.65. The number of anilines is 1. The van der Waals surface area contributed by atoms with Crippen LogP contribution in [0, 0.1) is 23.2 Å². The third-order valence-electron chi connectivity index (χ3n) is 7.83. The Hall–Kier alpha value is -2.15. The molecule has 0 spiro atoms. The highest BCUT2D eigenvalue weighted by Crippen LogP contribution is 2.46. The Kier molecular flexibility index (Phi) is 7.18. The standard InChI is InChI=1S/C25H35NO5S/c1-7-25(4,5)15-8-9-16-19(12-15)32-22(20(16)24(30)31-6)26-21(27)17-10-13(2)14(3)11-18(17)23(28)29/h15,17-18H,7-12H2,1-6H3,(H,26,27)(H,28,29)/t15-,17-,18-/m0/s1. The molecule has 0 unspecified atom stereocenters. The van der Waals surface area contributed by atoms with Crippen LogP contribution in [-0.4, -0.2) is 30.1 Å². The minimum Gasteiger partial charge on any atom is -0.481 e. The van der Waals surface area contributed by atoms with E-state index in [9.17, 15) is 19.5 Å². The van der Waals surface area contributed by atoms with Gasteiger partial charge in [0.15, 0.2) is 0 Å². The van der Waals surface area contributed by atoms with Crippen molar-refractivity contribution < 1.29 is 24.2 Å². The number of carbonyl (C=O) groups excluding carboxylic acids is 2. The molecule has 0 saturated heterocycles. The first-order valence-electron chi connectivity index (χ1n) is 11.4. The van der Waals surface area contributed by atoms with E-state index in [1.807, 2.05) is 13.8 Å². The van der Waals surface area contributed by atoms with Gasteiger partial charge in [-0.1, -0.05) is 38.3 Å². The second-order valence-corrected chi connectivity index (χ2v) is 11.1. The van der Waals surface area contributed by atoms with Gasteiger partial charge in [0.05, 0.1) is 24.5 Å². The summed E-state index contributed by atoms with van der Waals surface area (Å²) in [6, 6.07) is 0. The Bertz CT molecular complexity index is 958. The topological polar surface area (TPSA) is 92.7 Å². The molecule has 2 aliphatic rings. The van der Waals surface area contributed by atoms with Gasteiger partial charge in [0.25, 0.3) is 0 Å². The molecule has 6 nitrogen and oxygen atoms in total. The van der Waals surface area contributed by atoms with Crippen LogP contribution in [-0.2, 0) is 27.2 Å². The number of nitrogens with one attached hydrogen (secondary N) is 1. The van der Waals surface area contributed by atoms with Crippen molar-refractivity contribution in [1.29, 1.82) is 0 Å². The van der Waals surface area contributed by atoms with E-state index in [1.165, 1.54) is 18.4 Å². The van der Waals surface area contributed by atoms with Crippen LogP contribution in [0.4, 0.5) is 5.00 Å². The molecule has 1 aromatic rings. The number of methoxy groups -OCH3 is 1. The van der Waals surface area contributed by atoms with E-state index < -0.39 is 23.8 Å². The van der Waals surface area contributed by atoms with Crippen LogP contribution >= 0.6 is 11.3 Å². The number of thiophene rings is 1. The molecule has 1 amide bonds. The zero-order valence-corrected chi connectivity index (χ0v) is 20.8. The van der Waals surface area contributed by atoms with Gasteiger partial charge in [0, 0.05) is 4.88 Å². The summed E-state index contributed by atoms with van der Waals surface area (Å²) in [5, 5.41) is 13.1. The number of allylic oxidation sites excluding steroid dienone is 2. The Morgan fingerprint density at radius 3 is 2.31 bits per heavy atom. The van der Waals surface area contributed by atoms with E-state index in [4.69, 9.17) is 4.74 Å². The molecule has 0 fully saturated rings. The Morgan fingerprint density at radius 1 is 1.12 bits per heavy atom. The number of carboxylic acid groups (broad SMARTS) is 1. The van der Waals surface area contributed by atoms with Crippen molar-refractivity contribution in [3.8, 4) is 0 Å². The van der Waals surface area contributed by atoms with Gasteiger partial charge >= 0.3 is 11.9 Å². The fourth-order valence-electron chi connectivity index (χ4n) is 4.98. The smallest absolute Gasteiger partial charge is 0.341 e. The quantitative estimate of drug-likeness (QED) is 0.433. The monoisotopic (exact) mass is 461 g/mol. The van der Waals surface area contributed by atoms with Crippen molar-refractivity contribution in [2.24, 2.45) is 23.2 Å². The number of esters is 1. The van der Waals surface area contributed by atoms with E-state index in [0.29, 0.717) is 29.3 Å². The number of hydrogen-bond acceptors (Lipinski definition) is 5. The predicted molar refractivity (Wildman–Crippen MR) is 126 cm³/mol. The van der Waals surface area contributed by atoms with Crippen LogP contribution < -0.4 is 5.32 Å². The number of carboxylic acids is 1. The molecular weight excluding hydrogens is 426 g/mol. The highest BCUT2D eigenvalue weighted by molar-refractivity contribution is 7.17. The molecule has 176 valence electrons. The lowest BCUT2D eigenvalue weighted by Gasteiger charge is -2.36. The average Bonchev–Trinajstić information content (AvgIpc) is 3.11. The summed E-state index contributed by atoms with van der Waals surface area (Å²) < 4.78 is 5.05. The maximum absolute atomic E-state index is 13.2. The van der Waals surface area contributed by atoms with Gasteiger partial charge in [-0.05, 0) is 62.8 Å². The summed E-state index contributed by atoms with van der Waals surface area (Å²) in [6.07, 6.45) is 4.52. The number of fused-ring (bicyclic) bond motifs is 1. The second-order valence-electron chi connectivity index (χ2n) is 9.99. The van der Waals surface area contributed by atoms with E-state index in [2.05, 4.69) is 26.1 Å². The number of ether oxygens (including phenoxy) is 1. The van der Waals surface area contributed by atoms with Gasteiger partial charge < -0.3 is 15.2 Å². The van der Waals surface area contributed by atoms with Gasteiger partial charge in [-0.25, -0.2) is 4.79 Å². The molecule has 3 atom stereocenters. The van der Waals surface area contributed by atoms with Crippen LogP contribution in [0.15, 0.2) is 11.1 Å². The molecule has 3 rings (SSSR count). The summed E-state index contributed by atoms with van der Waals surface area (Å²) in [5.41, 5.74) is 3.72. The molecule has 1 heterocycles. The lowest BCUT2D eigenvalue weighted by molar-refractivity contribution is -0.146. The molecular formula is C25H35NO5S. The summed E-state index contributed by atoms with van der Waals surface area (Å²) in [7, 11) is 1.35. The van der Waals surface area contributed by atoms with Crippen LogP contribution in [0.5, 0.6) is 0 Å². The average molecular weight is 462 g/mol. The minimum atomic E-state index is -0.958. The Balaban J connectivity index is 1.92. The molecule has 2 aliphatic carbocycles. The lowest BCUT2D eigenvalue weighted by atomic mass is 9.69. The maximum atomic E-state index is 13.2. The zero-order chi connectivity index (χ0) is 23.8. The molecule has 32 heavy (non-hydrogen) atoms. The number of rotatable bonds is 6. The van der Waals surface area contributed by atoms with E-state index in [1.54, 1.807) is 0 Å². The third kappa shape index (κ3) is 4.63. The number of hydrogen-bond donors (Lipinski definition) is 2. The van der Waals surface area contributed by atoms with E-state index in [-0.39, 0.29) is 11.3 Å². The van der Waals surface area contributed by atoms with Gasteiger partial charge in [-0.2, -0.15) is 0 Å². The van der Waals surface area contributed by atoms with E-state index >= 15 is 0 Å². The normalized spacial score (nSPS) is 23.5. The molecule has 0 aromatic carbocycles. The fraction of sp³-hybridized carbons (Fsp3) is 0.640. The summed E-state index contributed by atoms with van der Waals surface area (Å²) in [4.78, 5) is 38.9. The van der Waals surface area contributed by atoms with Gasteiger partial charge in [0.1, 0.15) is 5.00 Å². The Morgan fingerprint density at radius 2 is 1.75 bits per heavy atom. The first kappa shape index (κ1) is 24.5. The molecule has 7 heteroatoms. The van der Waals surface area contributed by atoms with Crippen molar-refractivity contribution in [2.75, 3.05) is 12.4 Å². The first-order chi connectivity index (χ1) is 15.0. The van der Waals surface area contributed by atoms with Crippen molar-refractivity contribution in [1.82, 2.24) is 0 Å². The molecule has 0 aliphatic heterocycles. The second kappa shape index (κ2) is 9.38. The van der Waals surface area contributed by atoms with Crippen LogP contribution in [0.1, 0.15) is 81.1 Å². The maximum Gasteiger partial charge on any atom is 0.341 e. The first-order valence-corrected chi connectivity index (χ1v) is 12.2. The van der Waals surface area contributed by atoms with Crippen molar-refractivity contribution >= 4 is 34.2 Å². The summed E-state index contributed by atoms with van der Waals surface area (Å²) >= 11 is 1.45. The van der Waals surface area contributed by atoms with Gasteiger partial charge in [-0.3, -0.25) is 9.59 Å².